The fraction of sp³-hybridized carbons (Fsp3) is 0.500. The van der Waals surface area contributed by atoms with E-state index in [1.54, 1.807) is 19.1 Å². The minimum Gasteiger partial charge on any atom is -0.481 e. The topological polar surface area (TPSA) is 83.5 Å². The van der Waals surface area contributed by atoms with Gasteiger partial charge in [-0.15, -0.1) is 0 Å². The average Bonchev–Trinajstić information content (AvgIpc) is 2.37. The molecule has 0 aromatic heterocycles. The molecule has 0 saturated carbocycles. The van der Waals surface area contributed by atoms with E-state index in [4.69, 9.17) is 5.11 Å². The van der Waals surface area contributed by atoms with Gasteiger partial charge in [0.15, 0.2) is 0 Å². The Balaban J connectivity index is 2.91. The highest BCUT2D eigenvalue weighted by molar-refractivity contribution is 7.89. The lowest BCUT2D eigenvalue weighted by Crippen LogP contribution is -2.39. The van der Waals surface area contributed by atoms with E-state index in [0.29, 0.717) is 5.92 Å². The molecule has 0 amide bonds. The normalized spacial score (nSPS) is 15.1. The number of nitrogens with one attached hydrogen (secondary N) is 1. The first-order valence-corrected chi connectivity index (χ1v) is 7.98. The Kier molecular flexibility index (Phi) is 5.30. The second-order valence-corrected chi connectivity index (χ2v) is 6.97. The Hall–Kier alpha value is -1.40. The molecule has 1 aromatic carbocycles. The van der Waals surface area contributed by atoms with Crippen LogP contribution in [0.5, 0.6) is 0 Å². The van der Waals surface area contributed by atoms with E-state index in [9.17, 15) is 13.2 Å². The second-order valence-electron chi connectivity index (χ2n) is 5.26. The molecule has 20 heavy (non-hydrogen) atoms. The molecule has 0 radical (unpaired) electrons. The van der Waals surface area contributed by atoms with E-state index in [1.807, 2.05) is 13.8 Å². The predicted octanol–water partition coefficient (Wildman–Crippen LogP) is 2.20. The van der Waals surface area contributed by atoms with Gasteiger partial charge in [0.25, 0.3) is 0 Å². The lowest BCUT2D eigenvalue weighted by Gasteiger charge is -2.18. The maximum atomic E-state index is 12.1. The fourth-order valence-corrected chi connectivity index (χ4v) is 2.98. The molecule has 2 unspecified atom stereocenters. The standard InChI is InChI=1S/C14H21NO4S/c1-9(2)12-5-7-13(8-6-12)20(18,19)15-11(4)10(3)14(16)17/h5-11,15H,1-4H3,(H,16,17). The summed E-state index contributed by atoms with van der Waals surface area (Å²) in [5.41, 5.74) is 1.05. The summed E-state index contributed by atoms with van der Waals surface area (Å²) >= 11 is 0. The van der Waals surface area contributed by atoms with Crippen LogP contribution in [0.2, 0.25) is 0 Å². The predicted molar refractivity (Wildman–Crippen MR) is 77.1 cm³/mol. The van der Waals surface area contributed by atoms with Gasteiger partial charge in [-0.1, -0.05) is 32.9 Å². The van der Waals surface area contributed by atoms with E-state index in [-0.39, 0.29) is 4.90 Å². The zero-order valence-corrected chi connectivity index (χ0v) is 12.9. The van der Waals surface area contributed by atoms with Crippen LogP contribution in [0.15, 0.2) is 29.2 Å². The van der Waals surface area contributed by atoms with E-state index >= 15 is 0 Å². The number of carboxylic acids is 1. The maximum Gasteiger partial charge on any atom is 0.307 e. The number of carbonyl (C=O) groups is 1. The largest absolute Gasteiger partial charge is 0.481 e. The minimum atomic E-state index is -3.69. The monoisotopic (exact) mass is 299 g/mol. The number of sulfonamides is 1. The smallest absolute Gasteiger partial charge is 0.307 e. The van der Waals surface area contributed by atoms with Gasteiger partial charge in [0, 0.05) is 6.04 Å². The Morgan fingerprint density at radius 1 is 1.10 bits per heavy atom. The van der Waals surface area contributed by atoms with Crippen LogP contribution in [0.1, 0.15) is 39.2 Å². The second kappa shape index (κ2) is 6.37. The van der Waals surface area contributed by atoms with Gasteiger partial charge in [-0.25, -0.2) is 13.1 Å². The highest BCUT2D eigenvalue weighted by atomic mass is 32.2. The molecule has 0 aliphatic carbocycles. The highest BCUT2D eigenvalue weighted by Gasteiger charge is 2.25. The van der Waals surface area contributed by atoms with Crippen LogP contribution < -0.4 is 4.72 Å². The van der Waals surface area contributed by atoms with E-state index < -0.39 is 28.0 Å². The first kappa shape index (κ1) is 16.7. The molecular formula is C14H21NO4S. The van der Waals surface area contributed by atoms with Crippen LogP contribution in [0.25, 0.3) is 0 Å². The summed E-state index contributed by atoms with van der Waals surface area (Å²) in [7, 11) is -3.69. The number of hydrogen-bond acceptors (Lipinski definition) is 3. The van der Waals surface area contributed by atoms with Gasteiger partial charge < -0.3 is 5.11 Å². The summed E-state index contributed by atoms with van der Waals surface area (Å²) < 4.78 is 26.7. The zero-order chi connectivity index (χ0) is 15.5. The van der Waals surface area contributed by atoms with Crippen LogP contribution in [-0.4, -0.2) is 25.5 Å². The third-order valence-corrected chi connectivity index (χ3v) is 4.91. The number of carboxylic acid groups (broad SMARTS) is 1. The summed E-state index contributed by atoms with van der Waals surface area (Å²) in [6, 6.07) is 5.93. The number of hydrogen-bond donors (Lipinski definition) is 2. The van der Waals surface area contributed by atoms with Crippen molar-refractivity contribution in [2.45, 2.75) is 44.6 Å². The molecule has 2 atom stereocenters. The van der Waals surface area contributed by atoms with Gasteiger partial charge in [-0.2, -0.15) is 0 Å². The molecule has 0 spiro atoms. The highest BCUT2D eigenvalue weighted by Crippen LogP contribution is 2.18. The molecule has 6 heteroatoms. The summed E-state index contributed by atoms with van der Waals surface area (Å²) in [5.74, 6) is -1.50. The SMILES string of the molecule is CC(C)c1ccc(S(=O)(=O)NC(C)C(C)C(=O)O)cc1. The van der Waals surface area contributed by atoms with Crippen LogP contribution in [0, 0.1) is 5.92 Å². The van der Waals surface area contributed by atoms with Crippen molar-refractivity contribution in [3.05, 3.63) is 29.8 Å². The molecule has 2 N–H and O–H groups in total. The molecule has 1 aromatic rings. The summed E-state index contributed by atoms with van der Waals surface area (Å²) in [4.78, 5) is 11.0. The Bertz CT molecular complexity index is 563. The third-order valence-electron chi connectivity index (χ3n) is 3.34. The van der Waals surface area contributed by atoms with Gasteiger partial charge in [0.05, 0.1) is 10.8 Å². The Morgan fingerprint density at radius 2 is 1.60 bits per heavy atom. The molecule has 0 aliphatic heterocycles. The quantitative estimate of drug-likeness (QED) is 0.843. The number of aliphatic carboxylic acids is 1. The minimum absolute atomic E-state index is 0.145. The van der Waals surface area contributed by atoms with Crippen LogP contribution in [0.3, 0.4) is 0 Å². The van der Waals surface area contributed by atoms with Crippen LogP contribution in [0.4, 0.5) is 0 Å². The van der Waals surface area contributed by atoms with Crippen LogP contribution in [-0.2, 0) is 14.8 Å². The van der Waals surface area contributed by atoms with E-state index in [2.05, 4.69) is 4.72 Å². The number of rotatable bonds is 6. The average molecular weight is 299 g/mol. The molecule has 0 aliphatic rings. The Morgan fingerprint density at radius 3 is 2.00 bits per heavy atom. The summed E-state index contributed by atoms with van der Waals surface area (Å²) in [6.45, 7) is 7.06. The van der Waals surface area contributed by atoms with Crippen LogP contribution >= 0.6 is 0 Å². The van der Waals surface area contributed by atoms with Crippen molar-refractivity contribution >= 4 is 16.0 Å². The van der Waals surface area contributed by atoms with Gasteiger partial charge in [-0.05, 0) is 30.5 Å². The van der Waals surface area contributed by atoms with Crippen molar-refractivity contribution in [2.24, 2.45) is 5.92 Å². The van der Waals surface area contributed by atoms with E-state index in [0.717, 1.165) is 5.56 Å². The molecule has 1 rings (SSSR count). The molecule has 0 saturated heterocycles. The lowest BCUT2D eigenvalue weighted by atomic mass is 10.0. The van der Waals surface area contributed by atoms with Crippen molar-refractivity contribution in [2.75, 3.05) is 0 Å². The molecule has 5 nitrogen and oxygen atoms in total. The first-order valence-electron chi connectivity index (χ1n) is 6.50. The van der Waals surface area contributed by atoms with Crippen molar-refractivity contribution < 1.29 is 18.3 Å². The fourth-order valence-electron chi connectivity index (χ4n) is 1.66. The van der Waals surface area contributed by atoms with Gasteiger partial charge in [0.1, 0.15) is 0 Å². The third kappa shape index (κ3) is 4.05. The van der Waals surface area contributed by atoms with Crippen molar-refractivity contribution in [3.8, 4) is 0 Å². The lowest BCUT2D eigenvalue weighted by molar-refractivity contribution is -0.141. The zero-order valence-electron chi connectivity index (χ0n) is 12.1. The number of benzene rings is 1. The summed E-state index contributed by atoms with van der Waals surface area (Å²) in [6.07, 6.45) is 0. The van der Waals surface area contributed by atoms with Crippen molar-refractivity contribution in [1.82, 2.24) is 4.72 Å². The van der Waals surface area contributed by atoms with Crippen molar-refractivity contribution in [1.29, 1.82) is 0 Å². The Labute approximate surface area is 120 Å². The molecular weight excluding hydrogens is 278 g/mol. The maximum absolute atomic E-state index is 12.1. The molecule has 0 heterocycles. The molecule has 112 valence electrons. The van der Waals surface area contributed by atoms with Gasteiger partial charge in [-0.3, -0.25) is 4.79 Å². The molecule has 0 fully saturated rings. The first-order chi connectivity index (χ1) is 9.15. The summed E-state index contributed by atoms with van der Waals surface area (Å²) in [5, 5.41) is 8.88. The van der Waals surface area contributed by atoms with Crippen molar-refractivity contribution in [3.63, 3.8) is 0 Å². The van der Waals surface area contributed by atoms with E-state index in [1.165, 1.54) is 19.1 Å². The van der Waals surface area contributed by atoms with Gasteiger partial charge >= 0.3 is 5.97 Å². The van der Waals surface area contributed by atoms with Gasteiger partial charge in [0.2, 0.25) is 10.0 Å². The molecule has 0 bridgehead atoms.